The molecule has 0 saturated heterocycles. The van der Waals surface area contributed by atoms with Gasteiger partial charge in [0.05, 0.1) is 21.7 Å². The molecule has 15 heteroatoms. The van der Waals surface area contributed by atoms with E-state index >= 15 is 0 Å². The van der Waals surface area contributed by atoms with E-state index in [2.05, 4.69) is 9.73 Å². The van der Waals surface area contributed by atoms with Crippen molar-refractivity contribution in [1.29, 1.82) is 0 Å². The van der Waals surface area contributed by atoms with E-state index in [-0.39, 0.29) is 38.4 Å². The summed E-state index contributed by atoms with van der Waals surface area (Å²) >= 11 is 11.2. The van der Waals surface area contributed by atoms with Gasteiger partial charge >= 0.3 is 5.97 Å². The number of amides is 1. The fourth-order valence-electron chi connectivity index (χ4n) is 2.65. The van der Waals surface area contributed by atoms with Gasteiger partial charge in [-0.1, -0.05) is 35.3 Å². The quantitative estimate of drug-likeness (QED) is 0.135. The number of hydrogen-bond donors (Lipinski definition) is 3. The molecule has 4 N–H and O–H groups in total. The first-order valence-corrected chi connectivity index (χ1v) is 11.1. The molecule has 1 heterocycles. The molecule has 0 fully saturated rings. The van der Waals surface area contributed by atoms with Crippen molar-refractivity contribution in [3.05, 3.63) is 126 Å². The number of halogens is 3. The van der Waals surface area contributed by atoms with Crippen LogP contribution in [-0.4, -0.2) is 26.8 Å². The van der Waals surface area contributed by atoms with Crippen LogP contribution in [0.3, 0.4) is 0 Å². The standard InChI is InChI=1S/C13H8ClFN2O3.C6H5ClN2O2.C5H4O3/c14-10-7-8(5-6-12(10)17(19)20)16-13(18)9-3-1-2-4-11(9)15;7-5-3-4(8)1-2-6(5)9(10)11;6-5(7)4-2-1-3-8-4/h1-7H,(H,16,18);1-3H,8H2;1-3H,(H,6,7). The van der Waals surface area contributed by atoms with Crippen molar-refractivity contribution in [3.63, 3.8) is 0 Å². The topological polar surface area (TPSA) is 192 Å². The molecule has 0 aliphatic heterocycles. The number of aromatic carboxylic acids is 1. The molecule has 1 amide bonds. The normalized spacial score (nSPS) is 9.72. The van der Waals surface area contributed by atoms with E-state index in [1.807, 2.05) is 0 Å². The summed E-state index contributed by atoms with van der Waals surface area (Å²) in [6.07, 6.45) is 1.32. The number of nitrogens with one attached hydrogen (secondary N) is 1. The molecule has 0 aliphatic rings. The highest BCUT2D eigenvalue weighted by atomic mass is 35.5. The minimum Gasteiger partial charge on any atom is -0.475 e. The summed E-state index contributed by atoms with van der Waals surface area (Å²) < 4.78 is 17.9. The average Bonchev–Trinajstić information content (AvgIpc) is 3.40. The zero-order chi connectivity index (χ0) is 29.1. The monoisotopic (exact) mass is 578 g/mol. The van der Waals surface area contributed by atoms with Gasteiger partial charge in [-0.2, -0.15) is 0 Å². The number of nitrogens with two attached hydrogens (primary N) is 1. The summed E-state index contributed by atoms with van der Waals surface area (Å²) in [4.78, 5) is 41.4. The van der Waals surface area contributed by atoms with Gasteiger partial charge in [-0.05, 0) is 48.5 Å². The Bertz CT molecular complexity index is 1500. The molecule has 0 atom stereocenters. The Hall–Kier alpha value is -5.01. The van der Waals surface area contributed by atoms with Gasteiger partial charge in [0.25, 0.3) is 17.3 Å². The van der Waals surface area contributed by atoms with Crippen molar-refractivity contribution in [1.82, 2.24) is 0 Å². The molecule has 12 nitrogen and oxygen atoms in total. The Balaban J connectivity index is 0.000000234. The number of nitro groups is 2. The highest BCUT2D eigenvalue weighted by Gasteiger charge is 2.15. The average molecular weight is 579 g/mol. The van der Waals surface area contributed by atoms with Crippen molar-refractivity contribution < 1.29 is 33.3 Å². The minimum atomic E-state index is -1.03. The van der Waals surface area contributed by atoms with E-state index < -0.39 is 27.5 Å². The number of carboxylic acid groups (broad SMARTS) is 1. The van der Waals surface area contributed by atoms with Gasteiger partial charge in [-0.25, -0.2) is 9.18 Å². The van der Waals surface area contributed by atoms with Gasteiger partial charge in [-0.3, -0.25) is 25.0 Å². The van der Waals surface area contributed by atoms with Crippen molar-refractivity contribution in [3.8, 4) is 0 Å². The lowest BCUT2D eigenvalue weighted by Crippen LogP contribution is -2.13. The second-order valence-corrected chi connectivity index (χ2v) is 7.92. The predicted molar refractivity (Wildman–Crippen MR) is 141 cm³/mol. The number of carboxylic acids is 1. The van der Waals surface area contributed by atoms with E-state index in [9.17, 15) is 34.2 Å². The zero-order valence-electron chi connectivity index (χ0n) is 19.4. The summed E-state index contributed by atoms with van der Waals surface area (Å²) in [6.45, 7) is 0. The molecule has 0 saturated carbocycles. The van der Waals surface area contributed by atoms with Crippen molar-refractivity contribution in [2.75, 3.05) is 11.1 Å². The predicted octanol–water partition coefficient (Wildman–Crippen LogP) is 6.45. The highest BCUT2D eigenvalue weighted by Crippen LogP contribution is 2.27. The molecule has 4 rings (SSSR count). The molecule has 1 aromatic heterocycles. The lowest BCUT2D eigenvalue weighted by atomic mass is 10.2. The van der Waals surface area contributed by atoms with Crippen LogP contribution in [0.4, 0.5) is 27.1 Å². The molecule has 0 radical (unpaired) electrons. The molecule has 4 aromatic rings. The molecular weight excluding hydrogens is 562 g/mol. The first kappa shape index (κ1) is 30.2. The largest absolute Gasteiger partial charge is 0.475 e. The molecule has 0 spiro atoms. The van der Waals surface area contributed by atoms with Gasteiger partial charge < -0.3 is 20.6 Å². The number of carbonyl (C=O) groups excluding carboxylic acids is 1. The first-order valence-electron chi connectivity index (χ1n) is 10.4. The Labute approximate surface area is 228 Å². The van der Waals surface area contributed by atoms with Gasteiger partial charge in [0, 0.05) is 23.5 Å². The number of nitrogens with zero attached hydrogens (tertiary/aromatic N) is 2. The van der Waals surface area contributed by atoms with E-state index in [1.54, 1.807) is 0 Å². The fraction of sp³-hybridized carbons (Fsp3) is 0. The summed E-state index contributed by atoms with van der Waals surface area (Å²) in [5.41, 5.74) is 5.47. The molecule has 39 heavy (non-hydrogen) atoms. The summed E-state index contributed by atoms with van der Waals surface area (Å²) in [5, 5.41) is 31.4. The molecule has 0 unspecified atom stereocenters. The third-order valence-electron chi connectivity index (χ3n) is 4.42. The number of nitrogen functional groups attached to an aromatic ring is 1. The highest BCUT2D eigenvalue weighted by molar-refractivity contribution is 6.33. The molecular formula is C24H17Cl2FN4O8. The number of furan rings is 1. The van der Waals surface area contributed by atoms with Crippen LogP contribution in [-0.2, 0) is 0 Å². The van der Waals surface area contributed by atoms with Gasteiger partial charge in [0.2, 0.25) is 5.76 Å². The number of anilines is 2. The second kappa shape index (κ2) is 14.1. The second-order valence-electron chi connectivity index (χ2n) is 7.11. The van der Waals surface area contributed by atoms with Crippen LogP contribution >= 0.6 is 23.2 Å². The Morgan fingerprint density at radius 3 is 1.95 bits per heavy atom. The summed E-state index contributed by atoms with van der Waals surface area (Å²) in [6, 6.07) is 16.2. The van der Waals surface area contributed by atoms with Crippen LogP contribution in [0.2, 0.25) is 10.0 Å². The molecule has 3 aromatic carbocycles. The van der Waals surface area contributed by atoms with Crippen LogP contribution < -0.4 is 11.1 Å². The van der Waals surface area contributed by atoms with Crippen LogP contribution in [0.25, 0.3) is 0 Å². The number of nitro benzene ring substituents is 2. The maximum absolute atomic E-state index is 13.4. The van der Waals surface area contributed by atoms with Gasteiger partial charge in [0.15, 0.2) is 0 Å². The van der Waals surface area contributed by atoms with Crippen molar-refractivity contribution >= 4 is 57.8 Å². The number of rotatable bonds is 5. The molecule has 0 bridgehead atoms. The van der Waals surface area contributed by atoms with Gasteiger partial charge in [-0.15, -0.1) is 0 Å². The molecule has 0 aliphatic carbocycles. The Kier molecular flexibility index (Phi) is 10.9. The van der Waals surface area contributed by atoms with Gasteiger partial charge in [0.1, 0.15) is 15.9 Å². The fourth-order valence-corrected chi connectivity index (χ4v) is 3.16. The summed E-state index contributed by atoms with van der Waals surface area (Å²) in [7, 11) is 0. The Morgan fingerprint density at radius 2 is 1.49 bits per heavy atom. The van der Waals surface area contributed by atoms with E-state index in [0.717, 1.165) is 6.07 Å². The van der Waals surface area contributed by atoms with Crippen molar-refractivity contribution in [2.45, 2.75) is 0 Å². The molecule has 202 valence electrons. The SMILES string of the molecule is Nc1ccc([N+](=O)[O-])c(Cl)c1.O=C(Nc1ccc([N+](=O)[O-])c(Cl)c1)c1ccccc1F.O=C(O)c1ccco1. The minimum absolute atomic E-state index is 0.0231. The van der Waals surface area contributed by atoms with E-state index in [1.165, 1.54) is 73.0 Å². The van der Waals surface area contributed by atoms with Crippen LogP contribution in [0.5, 0.6) is 0 Å². The van der Waals surface area contributed by atoms with Crippen molar-refractivity contribution in [2.24, 2.45) is 0 Å². The maximum Gasteiger partial charge on any atom is 0.371 e. The third kappa shape index (κ3) is 9.10. The van der Waals surface area contributed by atoms with E-state index in [4.69, 9.17) is 34.0 Å². The van der Waals surface area contributed by atoms with Crippen LogP contribution in [0.15, 0.2) is 83.5 Å². The van der Waals surface area contributed by atoms with E-state index in [0.29, 0.717) is 5.69 Å². The third-order valence-corrected chi connectivity index (χ3v) is 5.03. The van der Waals surface area contributed by atoms with Crippen LogP contribution in [0.1, 0.15) is 20.9 Å². The summed E-state index contributed by atoms with van der Waals surface area (Å²) in [5.74, 6) is -2.37. The number of carbonyl (C=O) groups is 2. The lowest BCUT2D eigenvalue weighted by Gasteiger charge is -2.06. The smallest absolute Gasteiger partial charge is 0.371 e. The zero-order valence-corrected chi connectivity index (χ0v) is 20.9. The number of benzene rings is 3. The maximum atomic E-state index is 13.4. The first-order chi connectivity index (χ1) is 18.4. The number of hydrogen-bond acceptors (Lipinski definition) is 8. The lowest BCUT2D eigenvalue weighted by molar-refractivity contribution is -0.384. The Morgan fingerprint density at radius 1 is 0.897 bits per heavy atom. The van der Waals surface area contributed by atoms with Crippen LogP contribution in [0, 0.1) is 26.0 Å².